The maximum atomic E-state index is 12.5. The van der Waals surface area contributed by atoms with Gasteiger partial charge in [-0.1, -0.05) is 0 Å². The minimum absolute atomic E-state index is 0.139. The Balaban J connectivity index is 2.30. The van der Waals surface area contributed by atoms with Crippen LogP contribution in [0, 0.1) is 5.92 Å². The van der Waals surface area contributed by atoms with Gasteiger partial charge in [-0.3, -0.25) is 0 Å². The Bertz CT molecular complexity index is 78.8. The summed E-state index contributed by atoms with van der Waals surface area (Å²) < 4.78 is 12.5. The van der Waals surface area contributed by atoms with Gasteiger partial charge in [-0.25, -0.2) is 4.39 Å². The fourth-order valence-electron chi connectivity index (χ4n) is 0.788. The fourth-order valence-corrected chi connectivity index (χ4v) is 2.07. The number of alkyl halides is 1. The second-order valence-corrected chi connectivity index (χ2v) is 3.12. The molecule has 1 rings (SSSR count). The highest BCUT2D eigenvalue weighted by molar-refractivity contribution is 7.99. The molecule has 0 radical (unpaired) electrons. The zero-order chi connectivity index (χ0) is 5.98. The Morgan fingerprint density at radius 3 is 2.62 bits per heavy atom. The van der Waals surface area contributed by atoms with Gasteiger partial charge in [0.1, 0.15) is 6.17 Å². The van der Waals surface area contributed by atoms with E-state index in [4.69, 9.17) is 5.73 Å². The number of nitrogens with two attached hydrogens (primary N) is 1. The first-order valence-corrected chi connectivity index (χ1v) is 3.92. The van der Waals surface area contributed by atoms with Crippen molar-refractivity contribution in [2.24, 2.45) is 11.7 Å². The van der Waals surface area contributed by atoms with E-state index >= 15 is 0 Å². The van der Waals surface area contributed by atoms with Gasteiger partial charge < -0.3 is 5.73 Å². The van der Waals surface area contributed by atoms with Crippen molar-refractivity contribution >= 4 is 11.8 Å². The summed E-state index contributed by atoms with van der Waals surface area (Å²) in [5.41, 5.74) is 5.27. The second kappa shape index (κ2) is 2.69. The van der Waals surface area contributed by atoms with E-state index in [0.717, 1.165) is 5.75 Å². The predicted molar refractivity (Wildman–Crippen MR) is 34.8 cm³/mol. The molecule has 48 valence electrons. The van der Waals surface area contributed by atoms with E-state index in [9.17, 15) is 4.39 Å². The molecule has 8 heavy (non-hydrogen) atoms. The van der Waals surface area contributed by atoms with Crippen LogP contribution in [0.4, 0.5) is 4.39 Å². The second-order valence-electron chi connectivity index (χ2n) is 2.05. The van der Waals surface area contributed by atoms with Gasteiger partial charge in [0, 0.05) is 17.4 Å². The molecule has 0 aromatic carbocycles. The molecule has 1 fully saturated rings. The molecule has 0 aliphatic carbocycles. The van der Waals surface area contributed by atoms with Crippen molar-refractivity contribution < 1.29 is 4.39 Å². The van der Waals surface area contributed by atoms with Crippen LogP contribution in [0.2, 0.25) is 0 Å². The lowest BCUT2D eigenvalue weighted by molar-refractivity contribution is 0.290. The van der Waals surface area contributed by atoms with E-state index in [1.165, 1.54) is 0 Å². The van der Waals surface area contributed by atoms with E-state index < -0.39 is 6.17 Å². The lowest BCUT2D eigenvalue weighted by atomic mass is 10.1. The molecule has 0 bridgehead atoms. The summed E-state index contributed by atoms with van der Waals surface area (Å²) in [5, 5.41) is 0. The Kier molecular flexibility index (Phi) is 2.14. The predicted octanol–water partition coefficient (Wildman–Crippen LogP) is 0.646. The molecule has 1 aliphatic rings. The highest BCUT2D eigenvalue weighted by atomic mass is 32.2. The van der Waals surface area contributed by atoms with E-state index in [2.05, 4.69) is 0 Å². The number of hydrogen-bond donors (Lipinski definition) is 1. The molecule has 0 spiro atoms. The number of rotatable bonds is 1. The van der Waals surface area contributed by atoms with Gasteiger partial charge in [-0.05, 0) is 6.54 Å². The zero-order valence-electron chi connectivity index (χ0n) is 4.64. The van der Waals surface area contributed by atoms with Crippen LogP contribution in [0.1, 0.15) is 0 Å². The average molecular weight is 135 g/mol. The van der Waals surface area contributed by atoms with Gasteiger partial charge in [0.25, 0.3) is 0 Å². The van der Waals surface area contributed by atoms with Gasteiger partial charge in [-0.2, -0.15) is 11.8 Å². The van der Waals surface area contributed by atoms with Gasteiger partial charge in [-0.15, -0.1) is 0 Å². The molecule has 2 N–H and O–H groups in total. The standard InChI is InChI=1S/C5H10FNS/c6-5-3-8-2-4(5)1-7/h4-5H,1-3,7H2. The first-order chi connectivity index (χ1) is 3.84. The minimum atomic E-state index is -0.634. The largest absolute Gasteiger partial charge is 0.330 e. The Hall–Kier alpha value is 0.240. The molecule has 1 nitrogen and oxygen atoms in total. The third-order valence-corrected chi connectivity index (χ3v) is 2.64. The zero-order valence-corrected chi connectivity index (χ0v) is 5.46. The lowest BCUT2D eigenvalue weighted by Crippen LogP contribution is -2.22. The SMILES string of the molecule is NCC1CSCC1F. The van der Waals surface area contributed by atoms with Crippen molar-refractivity contribution in [2.45, 2.75) is 6.17 Å². The van der Waals surface area contributed by atoms with Crippen LogP contribution in [0.25, 0.3) is 0 Å². The molecular weight excluding hydrogens is 125 g/mol. The molecule has 1 saturated heterocycles. The summed E-state index contributed by atoms with van der Waals surface area (Å²) in [6.07, 6.45) is -0.634. The van der Waals surface area contributed by atoms with Gasteiger partial charge in [0.15, 0.2) is 0 Å². The first-order valence-electron chi connectivity index (χ1n) is 2.76. The van der Waals surface area contributed by atoms with Crippen LogP contribution >= 0.6 is 11.8 Å². The maximum absolute atomic E-state index is 12.5. The minimum Gasteiger partial charge on any atom is -0.330 e. The van der Waals surface area contributed by atoms with Crippen molar-refractivity contribution in [3.63, 3.8) is 0 Å². The molecule has 0 saturated carbocycles. The third-order valence-electron chi connectivity index (χ3n) is 1.42. The van der Waals surface area contributed by atoms with Crippen molar-refractivity contribution in [1.29, 1.82) is 0 Å². The number of thioether (sulfide) groups is 1. The topological polar surface area (TPSA) is 26.0 Å². The van der Waals surface area contributed by atoms with Crippen molar-refractivity contribution in [2.75, 3.05) is 18.1 Å². The Labute approximate surface area is 52.8 Å². The van der Waals surface area contributed by atoms with Crippen molar-refractivity contribution in [1.82, 2.24) is 0 Å². The molecule has 0 aromatic heterocycles. The van der Waals surface area contributed by atoms with E-state index in [-0.39, 0.29) is 5.92 Å². The van der Waals surface area contributed by atoms with E-state index in [1.807, 2.05) is 0 Å². The molecule has 1 heterocycles. The maximum Gasteiger partial charge on any atom is 0.114 e. The molecule has 3 heteroatoms. The van der Waals surface area contributed by atoms with Crippen LogP contribution in [0.3, 0.4) is 0 Å². The summed E-state index contributed by atoms with van der Waals surface area (Å²) in [6.45, 7) is 0.508. The monoisotopic (exact) mass is 135 g/mol. The number of hydrogen-bond acceptors (Lipinski definition) is 2. The lowest BCUT2D eigenvalue weighted by Gasteiger charge is -2.05. The number of halogens is 1. The van der Waals surface area contributed by atoms with Gasteiger partial charge in [0.05, 0.1) is 0 Å². The van der Waals surface area contributed by atoms with Crippen LogP contribution in [-0.4, -0.2) is 24.2 Å². The first kappa shape index (κ1) is 6.36. The third kappa shape index (κ3) is 1.14. The highest BCUT2D eigenvalue weighted by Gasteiger charge is 2.25. The molecular formula is C5H10FNS. The quantitative estimate of drug-likeness (QED) is 0.571. The fraction of sp³-hybridized carbons (Fsp3) is 1.00. The highest BCUT2D eigenvalue weighted by Crippen LogP contribution is 2.25. The molecule has 1 aliphatic heterocycles. The van der Waals surface area contributed by atoms with Crippen LogP contribution in [-0.2, 0) is 0 Å². The molecule has 0 amide bonds. The van der Waals surface area contributed by atoms with Crippen LogP contribution < -0.4 is 5.73 Å². The Morgan fingerprint density at radius 2 is 2.38 bits per heavy atom. The summed E-state index contributed by atoms with van der Waals surface area (Å²) >= 11 is 1.66. The van der Waals surface area contributed by atoms with Crippen molar-refractivity contribution in [3.8, 4) is 0 Å². The molecule has 0 aromatic rings. The van der Waals surface area contributed by atoms with Gasteiger partial charge in [0.2, 0.25) is 0 Å². The summed E-state index contributed by atoms with van der Waals surface area (Å²) in [5.74, 6) is 1.71. The summed E-state index contributed by atoms with van der Waals surface area (Å²) in [7, 11) is 0. The van der Waals surface area contributed by atoms with E-state index in [0.29, 0.717) is 12.3 Å². The van der Waals surface area contributed by atoms with Gasteiger partial charge >= 0.3 is 0 Å². The normalized spacial score (nSPS) is 38.2. The van der Waals surface area contributed by atoms with Crippen LogP contribution in [0.5, 0.6) is 0 Å². The molecule has 2 unspecified atom stereocenters. The molecule has 2 atom stereocenters. The summed E-state index contributed by atoms with van der Waals surface area (Å²) in [4.78, 5) is 0. The van der Waals surface area contributed by atoms with Crippen molar-refractivity contribution in [3.05, 3.63) is 0 Å². The Morgan fingerprint density at radius 1 is 1.62 bits per heavy atom. The average Bonchev–Trinajstić information content (AvgIpc) is 2.14. The smallest absolute Gasteiger partial charge is 0.114 e. The van der Waals surface area contributed by atoms with E-state index in [1.54, 1.807) is 11.8 Å². The summed E-state index contributed by atoms with van der Waals surface area (Å²) in [6, 6.07) is 0. The van der Waals surface area contributed by atoms with Crippen LogP contribution in [0.15, 0.2) is 0 Å².